The zero-order chi connectivity index (χ0) is 21.4. The number of benzene rings is 1. The SMILES string of the molecule is Cc1oc(-c2ccc(C(F)(F)F)cc2)nc1CCOCCCCSCc1nn[nH]n1. The molecule has 2 heterocycles. The number of aromatic nitrogens is 5. The maximum absolute atomic E-state index is 12.7. The number of aryl methyl sites for hydroxylation is 1. The molecule has 0 atom stereocenters. The number of thioether (sulfide) groups is 1. The lowest BCUT2D eigenvalue weighted by atomic mass is 10.1. The molecule has 1 aromatic carbocycles. The second-order valence-electron chi connectivity index (χ2n) is 6.55. The smallest absolute Gasteiger partial charge is 0.416 e. The fourth-order valence-electron chi connectivity index (χ4n) is 2.67. The predicted octanol–water partition coefficient (Wildman–Crippen LogP) is 4.45. The molecule has 0 fully saturated rings. The summed E-state index contributed by atoms with van der Waals surface area (Å²) >= 11 is 1.75. The maximum Gasteiger partial charge on any atom is 0.416 e. The molecule has 0 bridgehead atoms. The average Bonchev–Trinajstić information content (AvgIpc) is 3.36. The number of nitrogens with zero attached hydrogens (tertiary/aromatic N) is 4. The van der Waals surface area contributed by atoms with Gasteiger partial charge < -0.3 is 9.15 Å². The Morgan fingerprint density at radius 2 is 1.93 bits per heavy atom. The number of H-pyrrole nitrogens is 1. The van der Waals surface area contributed by atoms with E-state index >= 15 is 0 Å². The van der Waals surface area contributed by atoms with Gasteiger partial charge in [0.25, 0.3) is 0 Å². The van der Waals surface area contributed by atoms with Gasteiger partial charge in [-0.3, -0.25) is 0 Å². The van der Waals surface area contributed by atoms with Crippen LogP contribution >= 0.6 is 11.8 Å². The molecule has 30 heavy (non-hydrogen) atoms. The van der Waals surface area contributed by atoms with E-state index in [4.69, 9.17) is 9.15 Å². The van der Waals surface area contributed by atoms with Gasteiger partial charge in [-0.25, -0.2) is 4.98 Å². The van der Waals surface area contributed by atoms with Crippen molar-refractivity contribution >= 4 is 11.8 Å². The third-order valence-electron chi connectivity index (χ3n) is 4.28. The second kappa shape index (κ2) is 10.6. The first-order valence-electron chi connectivity index (χ1n) is 9.45. The van der Waals surface area contributed by atoms with E-state index in [1.165, 1.54) is 12.1 Å². The average molecular weight is 441 g/mol. The Bertz CT molecular complexity index is 898. The topological polar surface area (TPSA) is 89.7 Å². The standard InChI is InChI=1S/C19H22F3N5O2S/c1-13-16(8-10-28-9-2-3-11-30-12-17-24-26-27-25-17)23-18(29-13)14-4-6-15(7-5-14)19(20,21)22/h4-7H,2-3,8-12H2,1H3,(H,24,25,26,27). The van der Waals surface area contributed by atoms with E-state index < -0.39 is 11.7 Å². The highest BCUT2D eigenvalue weighted by Crippen LogP contribution is 2.31. The molecule has 0 saturated heterocycles. The number of oxazole rings is 1. The third kappa shape index (κ3) is 6.56. The van der Waals surface area contributed by atoms with Crippen LogP contribution in [0.15, 0.2) is 28.7 Å². The number of aromatic amines is 1. The molecule has 0 radical (unpaired) electrons. The molecule has 162 valence electrons. The summed E-state index contributed by atoms with van der Waals surface area (Å²) in [4.78, 5) is 4.40. The van der Waals surface area contributed by atoms with E-state index in [2.05, 4.69) is 25.6 Å². The molecule has 3 aromatic rings. The van der Waals surface area contributed by atoms with Crippen LogP contribution in [0.3, 0.4) is 0 Å². The van der Waals surface area contributed by atoms with Gasteiger partial charge in [-0.2, -0.15) is 30.1 Å². The van der Waals surface area contributed by atoms with Gasteiger partial charge in [0.2, 0.25) is 5.89 Å². The van der Waals surface area contributed by atoms with Crippen molar-refractivity contribution in [3.8, 4) is 11.5 Å². The number of rotatable bonds is 11. The molecule has 0 aliphatic heterocycles. The Balaban J connectivity index is 1.35. The van der Waals surface area contributed by atoms with E-state index in [0.29, 0.717) is 42.7 Å². The normalized spacial score (nSPS) is 11.9. The number of ether oxygens (including phenoxy) is 1. The molecule has 11 heteroatoms. The van der Waals surface area contributed by atoms with Crippen molar-refractivity contribution in [2.24, 2.45) is 0 Å². The van der Waals surface area contributed by atoms with E-state index in [-0.39, 0.29) is 0 Å². The summed E-state index contributed by atoms with van der Waals surface area (Å²) in [5, 5.41) is 13.7. The molecular formula is C19H22F3N5O2S. The van der Waals surface area contributed by atoms with Crippen molar-refractivity contribution in [2.45, 2.75) is 38.1 Å². The van der Waals surface area contributed by atoms with Gasteiger partial charge in [0.15, 0.2) is 5.82 Å². The molecule has 2 aromatic heterocycles. The number of halogens is 3. The van der Waals surface area contributed by atoms with Crippen molar-refractivity contribution in [1.82, 2.24) is 25.6 Å². The molecule has 7 nitrogen and oxygen atoms in total. The van der Waals surface area contributed by atoms with Crippen molar-refractivity contribution in [3.05, 3.63) is 47.1 Å². The fraction of sp³-hybridized carbons (Fsp3) is 0.474. The Morgan fingerprint density at radius 3 is 2.63 bits per heavy atom. The molecule has 0 saturated carbocycles. The summed E-state index contributed by atoms with van der Waals surface area (Å²) in [7, 11) is 0. The van der Waals surface area contributed by atoms with E-state index in [1.54, 1.807) is 18.7 Å². The van der Waals surface area contributed by atoms with Crippen LogP contribution in [0.1, 0.15) is 35.7 Å². The predicted molar refractivity (Wildman–Crippen MR) is 106 cm³/mol. The van der Waals surface area contributed by atoms with Crippen molar-refractivity contribution in [3.63, 3.8) is 0 Å². The van der Waals surface area contributed by atoms with Crippen molar-refractivity contribution in [2.75, 3.05) is 19.0 Å². The minimum atomic E-state index is -4.36. The second-order valence-corrected chi connectivity index (χ2v) is 7.65. The number of hydrogen-bond donors (Lipinski definition) is 1. The lowest BCUT2D eigenvalue weighted by Crippen LogP contribution is -2.04. The summed E-state index contributed by atoms with van der Waals surface area (Å²) in [6.45, 7) is 2.96. The minimum absolute atomic E-state index is 0.315. The molecule has 0 amide bonds. The number of tetrazole rings is 1. The number of unbranched alkanes of at least 4 members (excludes halogenated alkanes) is 1. The highest BCUT2D eigenvalue weighted by atomic mass is 32.2. The molecule has 0 aliphatic rings. The minimum Gasteiger partial charge on any atom is -0.441 e. The number of alkyl halides is 3. The van der Waals surface area contributed by atoms with Gasteiger partial charge in [-0.15, -0.1) is 10.2 Å². The van der Waals surface area contributed by atoms with Crippen LogP contribution in [-0.4, -0.2) is 44.6 Å². The summed E-state index contributed by atoms with van der Waals surface area (Å²) in [6.07, 6.45) is -1.79. The van der Waals surface area contributed by atoms with Crippen LogP contribution in [0.4, 0.5) is 13.2 Å². The monoisotopic (exact) mass is 441 g/mol. The highest BCUT2D eigenvalue weighted by molar-refractivity contribution is 7.98. The van der Waals surface area contributed by atoms with Gasteiger partial charge in [0.1, 0.15) is 5.76 Å². The van der Waals surface area contributed by atoms with Crippen LogP contribution in [0.25, 0.3) is 11.5 Å². The van der Waals surface area contributed by atoms with Crippen LogP contribution < -0.4 is 0 Å². The fourth-order valence-corrected chi connectivity index (χ4v) is 3.53. The molecule has 0 spiro atoms. The first-order valence-corrected chi connectivity index (χ1v) is 10.6. The Morgan fingerprint density at radius 1 is 1.13 bits per heavy atom. The van der Waals surface area contributed by atoms with Gasteiger partial charge >= 0.3 is 6.18 Å². The Labute approximate surface area is 175 Å². The molecular weight excluding hydrogens is 419 g/mol. The van der Waals surface area contributed by atoms with Crippen LogP contribution in [0.5, 0.6) is 0 Å². The molecule has 0 aliphatic carbocycles. The van der Waals surface area contributed by atoms with Gasteiger partial charge in [-0.1, -0.05) is 5.21 Å². The largest absolute Gasteiger partial charge is 0.441 e. The molecule has 0 unspecified atom stereocenters. The van der Waals surface area contributed by atoms with Crippen molar-refractivity contribution < 1.29 is 22.3 Å². The summed E-state index contributed by atoms with van der Waals surface area (Å²) in [6, 6.07) is 4.78. The number of nitrogens with one attached hydrogen (secondary N) is 1. The number of hydrogen-bond acceptors (Lipinski definition) is 7. The summed E-state index contributed by atoms with van der Waals surface area (Å²) in [5.74, 6) is 3.40. The van der Waals surface area contributed by atoms with Crippen molar-refractivity contribution in [1.29, 1.82) is 0 Å². The Hall–Kier alpha value is -2.40. The van der Waals surface area contributed by atoms with Crippen LogP contribution in [-0.2, 0) is 23.1 Å². The quantitative estimate of drug-likeness (QED) is 0.440. The lowest BCUT2D eigenvalue weighted by Gasteiger charge is -2.06. The van der Waals surface area contributed by atoms with E-state index in [9.17, 15) is 13.2 Å². The van der Waals surface area contributed by atoms with Gasteiger partial charge in [0.05, 0.1) is 23.6 Å². The zero-order valence-corrected chi connectivity index (χ0v) is 17.2. The van der Waals surface area contributed by atoms with E-state index in [0.717, 1.165) is 42.2 Å². The maximum atomic E-state index is 12.7. The Kier molecular flexibility index (Phi) is 7.86. The molecule has 3 rings (SSSR count). The van der Waals surface area contributed by atoms with Gasteiger partial charge in [-0.05, 0) is 49.8 Å². The highest BCUT2D eigenvalue weighted by Gasteiger charge is 2.30. The summed E-state index contributed by atoms with van der Waals surface area (Å²) in [5.41, 5.74) is 0.563. The van der Waals surface area contributed by atoms with Crippen LogP contribution in [0, 0.1) is 6.92 Å². The van der Waals surface area contributed by atoms with E-state index in [1.807, 2.05) is 0 Å². The van der Waals surface area contributed by atoms with Gasteiger partial charge in [0, 0.05) is 18.6 Å². The zero-order valence-electron chi connectivity index (χ0n) is 16.4. The third-order valence-corrected chi connectivity index (χ3v) is 5.32. The first kappa shape index (κ1) is 22.3. The van der Waals surface area contributed by atoms with Crippen LogP contribution in [0.2, 0.25) is 0 Å². The summed E-state index contributed by atoms with van der Waals surface area (Å²) < 4.78 is 49.3. The molecule has 1 N–H and O–H groups in total. The lowest BCUT2D eigenvalue weighted by molar-refractivity contribution is -0.137. The first-order chi connectivity index (χ1) is 14.4.